The molecular formula is C15H28N6. The summed E-state index contributed by atoms with van der Waals surface area (Å²) in [6.45, 7) is 6.77. The van der Waals surface area contributed by atoms with Gasteiger partial charge in [-0.3, -0.25) is 4.90 Å². The van der Waals surface area contributed by atoms with Gasteiger partial charge in [-0.1, -0.05) is 26.2 Å². The number of piperazine rings is 1. The average molecular weight is 292 g/mol. The molecule has 0 bridgehead atoms. The van der Waals surface area contributed by atoms with Crippen molar-refractivity contribution in [2.75, 3.05) is 33.2 Å². The standard InChI is InChI=1S/C15H28N6/c1-3-14(20-11-9-19(2)10-12-20)15-16-17-18-21(15)13-7-5-4-6-8-13/h13-14H,3-12H2,1-2H3/t14-/m1/s1. The van der Waals surface area contributed by atoms with Gasteiger partial charge >= 0.3 is 0 Å². The fourth-order valence-corrected chi connectivity index (χ4v) is 3.74. The van der Waals surface area contributed by atoms with Crippen molar-refractivity contribution in [1.82, 2.24) is 30.0 Å². The first-order valence-corrected chi connectivity index (χ1v) is 8.50. The van der Waals surface area contributed by atoms with Gasteiger partial charge in [-0.05, 0) is 36.7 Å². The van der Waals surface area contributed by atoms with Gasteiger partial charge in [-0.25, -0.2) is 4.68 Å². The first-order chi connectivity index (χ1) is 10.3. The maximum Gasteiger partial charge on any atom is 0.168 e. The highest BCUT2D eigenvalue weighted by atomic mass is 15.6. The predicted octanol–water partition coefficient (Wildman–Crippen LogP) is 1.88. The van der Waals surface area contributed by atoms with E-state index in [1.54, 1.807) is 0 Å². The van der Waals surface area contributed by atoms with E-state index in [9.17, 15) is 0 Å². The smallest absolute Gasteiger partial charge is 0.168 e. The van der Waals surface area contributed by atoms with Crippen molar-refractivity contribution in [3.63, 3.8) is 0 Å². The molecule has 3 rings (SSSR count). The van der Waals surface area contributed by atoms with Gasteiger partial charge in [0.25, 0.3) is 0 Å². The summed E-state index contributed by atoms with van der Waals surface area (Å²) in [5.74, 6) is 1.09. The molecule has 0 N–H and O–H groups in total. The molecule has 6 heteroatoms. The van der Waals surface area contributed by atoms with Gasteiger partial charge in [0.15, 0.2) is 5.82 Å². The second-order valence-electron chi connectivity index (χ2n) is 6.54. The lowest BCUT2D eigenvalue weighted by molar-refractivity contribution is 0.100. The van der Waals surface area contributed by atoms with E-state index in [0.717, 1.165) is 38.4 Å². The van der Waals surface area contributed by atoms with Crippen LogP contribution in [0, 0.1) is 0 Å². The van der Waals surface area contributed by atoms with Crippen LogP contribution in [-0.2, 0) is 0 Å². The molecule has 0 spiro atoms. The van der Waals surface area contributed by atoms with Gasteiger partial charge in [0.2, 0.25) is 0 Å². The molecule has 0 unspecified atom stereocenters. The van der Waals surface area contributed by atoms with E-state index in [1.807, 2.05) is 0 Å². The first-order valence-electron chi connectivity index (χ1n) is 8.50. The van der Waals surface area contributed by atoms with Crippen LogP contribution in [0.1, 0.15) is 63.4 Å². The summed E-state index contributed by atoms with van der Waals surface area (Å²) in [5.41, 5.74) is 0. The molecule has 21 heavy (non-hydrogen) atoms. The van der Waals surface area contributed by atoms with Crippen LogP contribution >= 0.6 is 0 Å². The van der Waals surface area contributed by atoms with Gasteiger partial charge in [0.05, 0.1) is 12.1 Å². The topological polar surface area (TPSA) is 50.1 Å². The zero-order chi connectivity index (χ0) is 14.7. The third-order valence-corrected chi connectivity index (χ3v) is 5.10. The van der Waals surface area contributed by atoms with Gasteiger partial charge < -0.3 is 4.90 Å². The molecule has 2 aliphatic rings. The molecule has 2 fully saturated rings. The Morgan fingerprint density at radius 2 is 1.81 bits per heavy atom. The number of likely N-dealkylation sites (N-methyl/N-ethyl adjacent to an activating group) is 1. The van der Waals surface area contributed by atoms with Crippen LogP contribution in [0.4, 0.5) is 0 Å². The quantitative estimate of drug-likeness (QED) is 0.848. The maximum absolute atomic E-state index is 4.40. The molecule has 1 atom stereocenters. The first kappa shape index (κ1) is 14.9. The normalized spacial score (nSPS) is 24.3. The summed E-state index contributed by atoms with van der Waals surface area (Å²) >= 11 is 0. The van der Waals surface area contributed by atoms with Crippen molar-refractivity contribution in [2.45, 2.75) is 57.5 Å². The molecule has 1 saturated carbocycles. The molecule has 1 aromatic rings. The molecule has 1 aliphatic heterocycles. The van der Waals surface area contributed by atoms with Crippen LogP contribution < -0.4 is 0 Å². The second-order valence-corrected chi connectivity index (χ2v) is 6.54. The summed E-state index contributed by atoms with van der Waals surface area (Å²) in [4.78, 5) is 4.96. The Balaban J connectivity index is 1.76. The third-order valence-electron chi connectivity index (χ3n) is 5.10. The van der Waals surface area contributed by atoms with Crippen LogP contribution in [0.2, 0.25) is 0 Å². The molecule has 6 nitrogen and oxygen atoms in total. The molecule has 0 aromatic carbocycles. The van der Waals surface area contributed by atoms with Crippen LogP contribution in [0.5, 0.6) is 0 Å². The Morgan fingerprint density at radius 1 is 1.10 bits per heavy atom. The van der Waals surface area contributed by atoms with Crippen molar-refractivity contribution in [3.05, 3.63) is 5.82 Å². The Bertz CT molecular complexity index is 431. The van der Waals surface area contributed by atoms with E-state index >= 15 is 0 Å². The van der Waals surface area contributed by atoms with Crippen molar-refractivity contribution >= 4 is 0 Å². The van der Waals surface area contributed by atoms with E-state index in [4.69, 9.17) is 0 Å². The van der Waals surface area contributed by atoms with Gasteiger partial charge in [0, 0.05) is 26.2 Å². The second kappa shape index (κ2) is 6.83. The molecular weight excluding hydrogens is 264 g/mol. The number of hydrogen-bond donors (Lipinski definition) is 0. The maximum atomic E-state index is 4.40. The van der Waals surface area contributed by atoms with E-state index in [0.29, 0.717) is 12.1 Å². The van der Waals surface area contributed by atoms with Gasteiger partial charge in [-0.2, -0.15) is 0 Å². The van der Waals surface area contributed by atoms with Crippen molar-refractivity contribution in [1.29, 1.82) is 0 Å². The number of tetrazole rings is 1. The lowest BCUT2D eigenvalue weighted by Crippen LogP contribution is -2.46. The monoisotopic (exact) mass is 292 g/mol. The largest absolute Gasteiger partial charge is 0.304 e. The zero-order valence-electron chi connectivity index (χ0n) is 13.4. The molecule has 0 radical (unpaired) electrons. The third kappa shape index (κ3) is 3.26. The number of rotatable bonds is 4. The Labute approximate surface area is 127 Å². The van der Waals surface area contributed by atoms with Crippen LogP contribution in [-0.4, -0.2) is 63.2 Å². The summed E-state index contributed by atoms with van der Waals surface area (Å²) in [6.07, 6.45) is 7.54. The molecule has 1 saturated heterocycles. The number of aromatic nitrogens is 4. The molecule has 2 heterocycles. The summed E-state index contributed by atoms with van der Waals surface area (Å²) in [7, 11) is 2.20. The summed E-state index contributed by atoms with van der Waals surface area (Å²) in [5, 5.41) is 12.7. The lowest BCUT2D eigenvalue weighted by Gasteiger charge is -2.37. The molecule has 118 valence electrons. The van der Waals surface area contributed by atoms with E-state index in [2.05, 4.69) is 44.0 Å². The molecule has 0 amide bonds. The highest BCUT2D eigenvalue weighted by molar-refractivity contribution is 4.96. The minimum atomic E-state index is 0.371. The Morgan fingerprint density at radius 3 is 2.48 bits per heavy atom. The zero-order valence-corrected chi connectivity index (χ0v) is 13.4. The highest BCUT2D eigenvalue weighted by Gasteiger charge is 2.29. The van der Waals surface area contributed by atoms with Crippen molar-refractivity contribution in [2.24, 2.45) is 0 Å². The SMILES string of the molecule is CC[C@H](c1nnnn1C1CCCCC1)N1CCN(C)CC1. The molecule has 1 aliphatic carbocycles. The minimum Gasteiger partial charge on any atom is -0.304 e. The van der Waals surface area contributed by atoms with Gasteiger partial charge in [-0.15, -0.1) is 5.10 Å². The van der Waals surface area contributed by atoms with Crippen LogP contribution in [0.15, 0.2) is 0 Å². The fraction of sp³-hybridized carbons (Fsp3) is 0.933. The predicted molar refractivity (Wildman–Crippen MR) is 82.0 cm³/mol. The Hall–Kier alpha value is -1.01. The fourth-order valence-electron chi connectivity index (χ4n) is 3.74. The number of hydrogen-bond acceptors (Lipinski definition) is 5. The van der Waals surface area contributed by atoms with Crippen molar-refractivity contribution < 1.29 is 0 Å². The van der Waals surface area contributed by atoms with Gasteiger partial charge in [0.1, 0.15) is 0 Å². The van der Waals surface area contributed by atoms with Crippen LogP contribution in [0.25, 0.3) is 0 Å². The van der Waals surface area contributed by atoms with Crippen LogP contribution in [0.3, 0.4) is 0 Å². The average Bonchev–Trinajstić information content (AvgIpc) is 3.00. The minimum absolute atomic E-state index is 0.371. The summed E-state index contributed by atoms with van der Waals surface area (Å²) < 4.78 is 2.14. The highest BCUT2D eigenvalue weighted by Crippen LogP contribution is 2.31. The Kier molecular flexibility index (Phi) is 4.85. The van der Waals surface area contributed by atoms with E-state index in [-0.39, 0.29) is 0 Å². The molecule has 1 aromatic heterocycles. The lowest BCUT2D eigenvalue weighted by atomic mass is 9.95. The number of nitrogens with zero attached hydrogens (tertiary/aromatic N) is 6. The van der Waals surface area contributed by atoms with E-state index < -0.39 is 0 Å². The summed E-state index contributed by atoms with van der Waals surface area (Å²) in [6, 6.07) is 0.890. The van der Waals surface area contributed by atoms with Crippen molar-refractivity contribution in [3.8, 4) is 0 Å². The van der Waals surface area contributed by atoms with E-state index in [1.165, 1.54) is 32.1 Å².